The van der Waals surface area contributed by atoms with E-state index < -0.39 is 17.6 Å². The Kier molecular flexibility index (Phi) is 5.55. The minimum atomic E-state index is -4.46. The molecule has 0 aliphatic heterocycles. The molecule has 0 aliphatic carbocycles. The number of aryl methyl sites for hydroxylation is 3. The number of aromatic nitrogens is 2. The Bertz CT molecular complexity index is 939. The van der Waals surface area contributed by atoms with Crippen molar-refractivity contribution in [1.82, 2.24) is 9.97 Å². The van der Waals surface area contributed by atoms with Crippen LogP contribution in [0.15, 0.2) is 48.7 Å². The highest BCUT2D eigenvalue weighted by molar-refractivity contribution is 7.13. The van der Waals surface area contributed by atoms with E-state index in [-0.39, 0.29) is 5.69 Å². The lowest BCUT2D eigenvalue weighted by Gasteiger charge is -2.09. The molecule has 2 aromatic heterocycles. The summed E-state index contributed by atoms with van der Waals surface area (Å²) in [6.07, 6.45) is -1.40. The lowest BCUT2D eigenvalue weighted by Crippen LogP contribution is -2.13. The normalized spacial score (nSPS) is 11.4. The van der Waals surface area contributed by atoms with Crippen LogP contribution in [0.4, 0.5) is 18.9 Å². The number of rotatable bonds is 5. The first-order valence-corrected chi connectivity index (χ1v) is 8.99. The van der Waals surface area contributed by atoms with Gasteiger partial charge in [0.25, 0.3) is 5.91 Å². The molecule has 0 radical (unpaired) electrons. The molecule has 2 heterocycles. The Morgan fingerprint density at radius 2 is 1.96 bits per heavy atom. The van der Waals surface area contributed by atoms with Gasteiger partial charge in [-0.25, -0.2) is 4.98 Å². The number of benzene rings is 1. The molecule has 3 aromatic rings. The fourth-order valence-electron chi connectivity index (χ4n) is 2.51. The maximum absolute atomic E-state index is 12.8. The van der Waals surface area contributed by atoms with Crippen LogP contribution in [0.3, 0.4) is 0 Å². The lowest BCUT2D eigenvalue weighted by atomic mass is 10.2. The molecule has 27 heavy (non-hydrogen) atoms. The molecule has 0 saturated heterocycles. The van der Waals surface area contributed by atoms with Gasteiger partial charge >= 0.3 is 6.18 Å². The highest BCUT2D eigenvalue weighted by Crippen LogP contribution is 2.31. The van der Waals surface area contributed by atoms with Gasteiger partial charge in [0.1, 0.15) is 4.88 Å². The predicted molar refractivity (Wildman–Crippen MR) is 97.9 cm³/mol. The van der Waals surface area contributed by atoms with Crippen molar-refractivity contribution in [2.24, 2.45) is 0 Å². The Balaban J connectivity index is 1.69. The summed E-state index contributed by atoms with van der Waals surface area (Å²) in [5, 5.41) is 3.30. The number of halogens is 3. The van der Waals surface area contributed by atoms with Crippen LogP contribution < -0.4 is 5.32 Å². The van der Waals surface area contributed by atoms with E-state index in [0.29, 0.717) is 23.4 Å². The second-order valence-electron chi connectivity index (χ2n) is 5.88. The highest BCUT2D eigenvalue weighted by Gasteiger charge is 2.30. The number of pyridine rings is 1. The molecule has 8 heteroatoms. The molecule has 1 N–H and O–H groups in total. The largest absolute Gasteiger partial charge is 0.416 e. The number of thiazole rings is 1. The molecular weight excluding hydrogens is 375 g/mol. The van der Waals surface area contributed by atoms with Crippen molar-refractivity contribution >= 4 is 22.9 Å². The zero-order valence-corrected chi connectivity index (χ0v) is 15.2. The number of carbonyl (C=O) groups excluding carboxylic acids is 1. The first kappa shape index (κ1) is 19.0. The van der Waals surface area contributed by atoms with E-state index in [1.54, 1.807) is 13.1 Å². The Hall–Kier alpha value is -2.74. The summed E-state index contributed by atoms with van der Waals surface area (Å²) in [6.45, 7) is 1.71. The third kappa shape index (κ3) is 4.91. The molecule has 140 valence electrons. The Labute approximate surface area is 158 Å². The summed E-state index contributed by atoms with van der Waals surface area (Å²) in [5.74, 6) is -0.464. The maximum atomic E-state index is 12.8. The van der Waals surface area contributed by atoms with Crippen LogP contribution in [0.25, 0.3) is 0 Å². The van der Waals surface area contributed by atoms with E-state index in [2.05, 4.69) is 15.3 Å². The predicted octanol–water partition coefficient (Wildman–Crippen LogP) is 4.90. The Morgan fingerprint density at radius 3 is 2.67 bits per heavy atom. The molecule has 0 unspecified atom stereocenters. The van der Waals surface area contributed by atoms with Gasteiger partial charge in [0.05, 0.1) is 16.3 Å². The fourth-order valence-corrected chi connectivity index (χ4v) is 3.47. The van der Waals surface area contributed by atoms with Gasteiger partial charge in [-0.3, -0.25) is 9.78 Å². The number of alkyl halides is 3. The van der Waals surface area contributed by atoms with E-state index in [4.69, 9.17) is 0 Å². The average molecular weight is 391 g/mol. The molecule has 0 saturated carbocycles. The zero-order valence-electron chi connectivity index (χ0n) is 14.4. The van der Waals surface area contributed by atoms with Crippen LogP contribution in [0.2, 0.25) is 0 Å². The van der Waals surface area contributed by atoms with Crippen LogP contribution in [-0.2, 0) is 19.0 Å². The number of nitrogens with one attached hydrogen (secondary N) is 1. The summed E-state index contributed by atoms with van der Waals surface area (Å²) in [5.41, 5.74) is 0.774. The SMILES string of the molecule is Cc1nc(CCc2ccccn2)sc1C(=O)Nc1cccc(C(F)(F)F)c1. The van der Waals surface area contributed by atoms with Gasteiger partial charge in [-0.2, -0.15) is 13.2 Å². The smallest absolute Gasteiger partial charge is 0.321 e. The first-order valence-electron chi connectivity index (χ1n) is 8.18. The van der Waals surface area contributed by atoms with Crippen LogP contribution in [-0.4, -0.2) is 15.9 Å². The summed E-state index contributed by atoms with van der Waals surface area (Å²) in [6, 6.07) is 10.2. The minimum absolute atomic E-state index is 0.0951. The maximum Gasteiger partial charge on any atom is 0.416 e. The lowest BCUT2D eigenvalue weighted by molar-refractivity contribution is -0.137. The average Bonchev–Trinajstić information content (AvgIpc) is 3.01. The number of anilines is 1. The molecule has 0 aliphatic rings. The summed E-state index contributed by atoms with van der Waals surface area (Å²) < 4.78 is 38.4. The van der Waals surface area contributed by atoms with Gasteiger partial charge in [0.2, 0.25) is 0 Å². The quantitative estimate of drug-likeness (QED) is 0.673. The van der Waals surface area contributed by atoms with Gasteiger partial charge in [-0.1, -0.05) is 12.1 Å². The zero-order chi connectivity index (χ0) is 19.4. The molecule has 1 aromatic carbocycles. The van der Waals surface area contributed by atoms with Crippen molar-refractivity contribution in [1.29, 1.82) is 0 Å². The van der Waals surface area contributed by atoms with Crippen LogP contribution in [0.5, 0.6) is 0 Å². The minimum Gasteiger partial charge on any atom is -0.321 e. The number of hydrogen-bond acceptors (Lipinski definition) is 4. The molecule has 0 spiro atoms. The van der Waals surface area contributed by atoms with Crippen molar-refractivity contribution < 1.29 is 18.0 Å². The second-order valence-corrected chi connectivity index (χ2v) is 6.96. The van der Waals surface area contributed by atoms with Gasteiger partial charge in [-0.05, 0) is 43.7 Å². The molecule has 0 atom stereocenters. The van der Waals surface area contributed by atoms with Crippen molar-refractivity contribution in [3.05, 3.63) is 75.5 Å². The van der Waals surface area contributed by atoms with Crippen molar-refractivity contribution in [3.63, 3.8) is 0 Å². The van der Waals surface area contributed by atoms with Crippen molar-refractivity contribution in [2.75, 3.05) is 5.32 Å². The van der Waals surface area contributed by atoms with E-state index in [1.807, 2.05) is 18.2 Å². The molecule has 3 rings (SSSR count). The third-order valence-electron chi connectivity index (χ3n) is 3.82. The second kappa shape index (κ2) is 7.87. The van der Waals surface area contributed by atoms with Crippen LogP contribution >= 0.6 is 11.3 Å². The van der Waals surface area contributed by atoms with E-state index >= 15 is 0 Å². The third-order valence-corrected chi connectivity index (χ3v) is 5.03. The van der Waals surface area contributed by atoms with E-state index in [0.717, 1.165) is 22.8 Å². The summed E-state index contributed by atoms with van der Waals surface area (Å²) in [4.78, 5) is 21.5. The van der Waals surface area contributed by atoms with Crippen LogP contribution in [0, 0.1) is 6.92 Å². The number of hydrogen-bond donors (Lipinski definition) is 1. The molecule has 4 nitrogen and oxygen atoms in total. The fraction of sp³-hybridized carbons (Fsp3) is 0.211. The standard InChI is InChI=1S/C19H16F3N3OS/c1-12-17(27-16(24-12)9-8-14-6-2-3-10-23-14)18(26)25-15-7-4-5-13(11-15)19(20,21)22/h2-7,10-11H,8-9H2,1H3,(H,25,26). The van der Waals surface area contributed by atoms with Crippen molar-refractivity contribution in [3.8, 4) is 0 Å². The molecule has 0 fully saturated rings. The van der Waals surface area contributed by atoms with Gasteiger partial charge in [0.15, 0.2) is 0 Å². The van der Waals surface area contributed by atoms with Gasteiger partial charge in [-0.15, -0.1) is 11.3 Å². The van der Waals surface area contributed by atoms with Crippen LogP contribution in [0.1, 0.15) is 31.6 Å². The molecule has 0 bridgehead atoms. The Morgan fingerprint density at radius 1 is 1.15 bits per heavy atom. The summed E-state index contributed by atoms with van der Waals surface area (Å²) >= 11 is 1.24. The first-order chi connectivity index (χ1) is 12.8. The van der Waals surface area contributed by atoms with Crippen molar-refractivity contribution in [2.45, 2.75) is 25.9 Å². The highest BCUT2D eigenvalue weighted by atomic mass is 32.1. The van der Waals surface area contributed by atoms with E-state index in [1.165, 1.54) is 23.5 Å². The topological polar surface area (TPSA) is 54.9 Å². The monoisotopic (exact) mass is 391 g/mol. The molecule has 1 amide bonds. The van der Waals surface area contributed by atoms with Gasteiger partial charge < -0.3 is 5.32 Å². The summed E-state index contributed by atoms with van der Waals surface area (Å²) in [7, 11) is 0. The molecular formula is C19H16F3N3OS. The van der Waals surface area contributed by atoms with Gasteiger partial charge in [0, 0.05) is 24.0 Å². The number of amides is 1. The van der Waals surface area contributed by atoms with E-state index in [9.17, 15) is 18.0 Å². The number of carbonyl (C=O) groups is 1. The number of nitrogens with zero attached hydrogens (tertiary/aromatic N) is 2.